The van der Waals surface area contributed by atoms with Crippen LogP contribution in [0.5, 0.6) is 0 Å². The maximum absolute atomic E-state index is 11.0. The zero-order chi connectivity index (χ0) is 11.7. The van der Waals surface area contributed by atoms with Crippen LogP contribution in [0.2, 0.25) is 0 Å². The second-order valence-electron chi connectivity index (χ2n) is 3.92. The number of rotatable bonds is 3. The molecule has 0 aliphatic heterocycles. The molecule has 1 aromatic heterocycles. The first-order valence-corrected chi connectivity index (χ1v) is 5.08. The Hall–Kier alpha value is -1.59. The average molecular weight is 221 g/mol. The summed E-state index contributed by atoms with van der Waals surface area (Å²) in [6, 6.07) is 5.69. The van der Waals surface area contributed by atoms with Crippen LogP contribution in [-0.2, 0) is 0 Å². The summed E-state index contributed by atoms with van der Waals surface area (Å²) in [7, 11) is 5.86. The van der Waals surface area contributed by atoms with Gasteiger partial charge >= 0.3 is 5.76 Å². The lowest BCUT2D eigenvalue weighted by molar-refractivity contribution is 0.264. The van der Waals surface area contributed by atoms with E-state index in [1.165, 1.54) is 0 Å². The Labute approximate surface area is 93.1 Å². The standard InChI is InChI=1S/C11H15N3O2/c1-12-10(14(2)3)7-4-5-8-9(6-7)16-11(15)13-8/h4-6,10,12H,1-3H3,(H,13,15). The molecule has 1 aromatic carbocycles. The summed E-state index contributed by atoms with van der Waals surface area (Å²) in [6.45, 7) is 0. The fourth-order valence-electron chi connectivity index (χ4n) is 1.86. The smallest absolute Gasteiger partial charge is 0.408 e. The van der Waals surface area contributed by atoms with Crippen molar-refractivity contribution < 1.29 is 4.42 Å². The highest BCUT2D eigenvalue weighted by atomic mass is 16.4. The largest absolute Gasteiger partial charge is 0.417 e. The molecule has 0 saturated heterocycles. The second kappa shape index (κ2) is 4.11. The van der Waals surface area contributed by atoms with E-state index < -0.39 is 5.76 Å². The van der Waals surface area contributed by atoms with Crippen LogP contribution < -0.4 is 11.1 Å². The topological polar surface area (TPSA) is 61.3 Å². The molecule has 0 aliphatic carbocycles. The van der Waals surface area contributed by atoms with Gasteiger partial charge in [-0.15, -0.1) is 0 Å². The lowest BCUT2D eigenvalue weighted by Gasteiger charge is -2.23. The summed E-state index contributed by atoms with van der Waals surface area (Å²) in [4.78, 5) is 15.7. The predicted molar refractivity (Wildman–Crippen MR) is 62.3 cm³/mol. The maximum Gasteiger partial charge on any atom is 0.417 e. The molecule has 2 rings (SSSR count). The molecule has 0 amide bonds. The van der Waals surface area contributed by atoms with Crippen molar-refractivity contribution in [3.8, 4) is 0 Å². The number of aromatic nitrogens is 1. The molecule has 5 nitrogen and oxygen atoms in total. The first kappa shape index (κ1) is 10.9. The number of fused-ring (bicyclic) bond motifs is 1. The van der Waals surface area contributed by atoms with Gasteiger partial charge in [-0.3, -0.25) is 9.88 Å². The minimum absolute atomic E-state index is 0.101. The van der Waals surface area contributed by atoms with Crippen LogP contribution in [0.4, 0.5) is 0 Å². The Morgan fingerprint density at radius 3 is 2.81 bits per heavy atom. The third-order valence-electron chi connectivity index (χ3n) is 2.55. The van der Waals surface area contributed by atoms with Crippen molar-refractivity contribution in [2.45, 2.75) is 6.17 Å². The average Bonchev–Trinajstić information content (AvgIpc) is 2.57. The summed E-state index contributed by atoms with van der Waals surface area (Å²) in [5.41, 5.74) is 2.37. The van der Waals surface area contributed by atoms with E-state index in [-0.39, 0.29) is 6.17 Å². The first-order valence-electron chi connectivity index (χ1n) is 5.08. The Kier molecular flexibility index (Phi) is 2.80. The van der Waals surface area contributed by atoms with Gasteiger partial charge in [0, 0.05) is 0 Å². The molecule has 0 radical (unpaired) electrons. The van der Waals surface area contributed by atoms with E-state index in [9.17, 15) is 4.79 Å². The molecule has 0 saturated carbocycles. The number of oxazole rings is 1. The Morgan fingerprint density at radius 1 is 1.44 bits per heavy atom. The molecule has 1 unspecified atom stereocenters. The van der Waals surface area contributed by atoms with Gasteiger partial charge in [0.1, 0.15) is 0 Å². The van der Waals surface area contributed by atoms with Crippen molar-refractivity contribution in [2.24, 2.45) is 0 Å². The molecule has 2 N–H and O–H groups in total. The molecule has 0 aliphatic rings. The van der Waals surface area contributed by atoms with E-state index >= 15 is 0 Å². The van der Waals surface area contributed by atoms with Crippen LogP contribution in [0.1, 0.15) is 11.7 Å². The van der Waals surface area contributed by atoms with Crippen molar-refractivity contribution in [2.75, 3.05) is 21.1 Å². The highest BCUT2D eigenvalue weighted by Gasteiger charge is 2.12. The van der Waals surface area contributed by atoms with E-state index in [4.69, 9.17) is 4.42 Å². The lowest BCUT2D eigenvalue weighted by atomic mass is 10.1. The number of nitrogens with zero attached hydrogens (tertiary/aromatic N) is 1. The van der Waals surface area contributed by atoms with E-state index in [0.717, 1.165) is 11.1 Å². The van der Waals surface area contributed by atoms with Gasteiger partial charge in [0.05, 0.1) is 11.7 Å². The van der Waals surface area contributed by atoms with Gasteiger partial charge < -0.3 is 9.73 Å². The first-order chi connectivity index (χ1) is 7.61. The predicted octanol–water partition coefficient (Wildman–Crippen LogP) is 0.901. The van der Waals surface area contributed by atoms with Crippen LogP contribution in [0.3, 0.4) is 0 Å². The highest BCUT2D eigenvalue weighted by Crippen LogP contribution is 2.19. The molecule has 16 heavy (non-hydrogen) atoms. The van der Waals surface area contributed by atoms with Crippen LogP contribution in [0.15, 0.2) is 27.4 Å². The molecule has 0 fully saturated rings. The molecular weight excluding hydrogens is 206 g/mol. The molecule has 5 heteroatoms. The van der Waals surface area contributed by atoms with Gasteiger partial charge in [-0.05, 0) is 38.8 Å². The summed E-state index contributed by atoms with van der Waals surface area (Å²) >= 11 is 0. The third-order valence-corrected chi connectivity index (χ3v) is 2.55. The number of hydrogen-bond donors (Lipinski definition) is 2. The fraction of sp³-hybridized carbons (Fsp3) is 0.364. The molecular formula is C11H15N3O2. The number of aromatic amines is 1. The maximum atomic E-state index is 11.0. The van der Waals surface area contributed by atoms with Crippen molar-refractivity contribution in [3.63, 3.8) is 0 Å². The molecule has 1 heterocycles. The van der Waals surface area contributed by atoms with E-state index in [2.05, 4.69) is 10.3 Å². The lowest BCUT2D eigenvalue weighted by Crippen LogP contribution is -2.30. The normalized spacial score (nSPS) is 13.5. The number of benzene rings is 1. The minimum atomic E-state index is -0.419. The Morgan fingerprint density at radius 2 is 2.19 bits per heavy atom. The number of H-pyrrole nitrogens is 1. The summed E-state index contributed by atoms with van der Waals surface area (Å²) in [6.07, 6.45) is 0.101. The van der Waals surface area contributed by atoms with E-state index in [1.54, 1.807) is 0 Å². The molecule has 1 atom stereocenters. The molecule has 86 valence electrons. The highest BCUT2D eigenvalue weighted by molar-refractivity contribution is 5.72. The second-order valence-corrected chi connectivity index (χ2v) is 3.92. The van der Waals surface area contributed by atoms with E-state index in [0.29, 0.717) is 5.58 Å². The van der Waals surface area contributed by atoms with Crippen molar-refractivity contribution >= 4 is 11.1 Å². The van der Waals surface area contributed by atoms with Crippen LogP contribution in [0.25, 0.3) is 11.1 Å². The van der Waals surface area contributed by atoms with Gasteiger partial charge in [0.25, 0.3) is 0 Å². The van der Waals surface area contributed by atoms with Crippen molar-refractivity contribution in [1.82, 2.24) is 15.2 Å². The zero-order valence-corrected chi connectivity index (χ0v) is 9.57. The van der Waals surface area contributed by atoms with Crippen LogP contribution in [-0.4, -0.2) is 31.0 Å². The number of hydrogen-bond acceptors (Lipinski definition) is 4. The van der Waals surface area contributed by atoms with Crippen molar-refractivity contribution in [3.05, 3.63) is 34.3 Å². The van der Waals surface area contributed by atoms with Gasteiger partial charge in [-0.2, -0.15) is 0 Å². The van der Waals surface area contributed by atoms with Crippen LogP contribution >= 0.6 is 0 Å². The minimum Gasteiger partial charge on any atom is -0.408 e. The van der Waals surface area contributed by atoms with E-state index in [1.807, 2.05) is 44.2 Å². The Balaban J connectivity index is 2.48. The SMILES string of the molecule is CNC(c1ccc2[nH]c(=O)oc2c1)N(C)C. The van der Waals surface area contributed by atoms with Gasteiger partial charge in [-0.1, -0.05) is 6.07 Å². The summed E-state index contributed by atoms with van der Waals surface area (Å²) in [5.74, 6) is -0.419. The number of nitrogens with one attached hydrogen (secondary N) is 2. The van der Waals surface area contributed by atoms with Gasteiger partial charge in [0.15, 0.2) is 5.58 Å². The van der Waals surface area contributed by atoms with Crippen molar-refractivity contribution in [1.29, 1.82) is 0 Å². The summed E-state index contributed by atoms with van der Waals surface area (Å²) < 4.78 is 5.03. The van der Waals surface area contributed by atoms with Gasteiger partial charge in [0.2, 0.25) is 0 Å². The third kappa shape index (κ3) is 1.87. The molecule has 0 spiro atoms. The monoisotopic (exact) mass is 221 g/mol. The molecule has 2 aromatic rings. The zero-order valence-electron chi connectivity index (χ0n) is 9.57. The van der Waals surface area contributed by atoms with Gasteiger partial charge in [-0.25, -0.2) is 4.79 Å². The van der Waals surface area contributed by atoms with Crippen LogP contribution in [0, 0.1) is 0 Å². The quantitative estimate of drug-likeness (QED) is 0.756. The summed E-state index contributed by atoms with van der Waals surface area (Å²) in [5, 5.41) is 3.19. The fourth-order valence-corrected chi connectivity index (χ4v) is 1.86. The molecule has 0 bridgehead atoms. The Bertz CT molecular complexity index is 541.